The fourth-order valence-corrected chi connectivity index (χ4v) is 5.24. The maximum absolute atomic E-state index is 14.0. The minimum absolute atomic E-state index is 0.0341. The van der Waals surface area contributed by atoms with Crippen molar-refractivity contribution in [2.45, 2.75) is 52.4 Å². The molecule has 0 amide bonds. The molecule has 1 fully saturated rings. The van der Waals surface area contributed by atoms with Crippen LogP contribution in [0.15, 0.2) is 40.1 Å². The number of hydrogen-bond donors (Lipinski definition) is 1. The zero-order valence-corrected chi connectivity index (χ0v) is 22.0. The summed E-state index contributed by atoms with van der Waals surface area (Å²) in [6, 6.07) is 9.27. The van der Waals surface area contributed by atoms with Gasteiger partial charge in [-0.1, -0.05) is 18.2 Å². The molecule has 1 aliphatic rings. The van der Waals surface area contributed by atoms with Crippen molar-refractivity contribution in [3.05, 3.63) is 62.4 Å². The molecule has 12 heteroatoms. The van der Waals surface area contributed by atoms with Crippen molar-refractivity contribution in [1.29, 1.82) is 5.26 Å². The van der Waals surface area contributed by atoms with Gasteiger partial charge in [-0.25, -0.2) is 4.79 Å². The van der Waals surface area contributed by atoms with Gasteiger partial charge in [-0.3, -0.25) is 23.7 Å². The van der Waals surface area contributed by atoms with Crippen LogP contribution in [0.4, 0.5) is 5.95 Å². The summed E-state index contributed by atoms with van der Waals surface area (Å²) < 4.78 is 9.11. The Hall–Kier alpha value is -4.50. The lowest BCUT2D eigenvalue weighted by molar-refractivity contribution is -0.143. The first-order valence-corrected chi connectivity index (χ1v) is 13.0. The number of nitriles is 1. The lowest BCUT2D eigenvalue weighted by atomic mass is 10.0. The SMILES string of the molecule is CCOC(=O)Cn1c(=O)n(Cc2ccc3cccnc3c2C#N)c(=O)c2c1nc(N1CCCC(N)C1)n2CC. The first-order chi connectivity index (χ1) is 18.9. The third-order valence-electron chi connectivity index (χ3n) is 7.04. The molecule has 202 valence electrons. The molecular weight excluding hydrogens is 500 g/mol. The first-order valence-electron chi connectivity index (χ1n) is 13.0. The fourth-order valence-electron chi connectivity index (χ4n) is 5.24. The molecule has 4 heterocycles. The Morgan fingerprint density at radius 3 is 2.74 bits per heavy atom. The van der Waals surface area contributed by atoms with Crippen LogP contribution in [0, 0.1) is 11.3 Å². The molecule has 5 rings (SSSR count). The van der Waals surface area contributed by atoms with E-state index < -0.39 is 23.8 Å². The lowest BCUT2D eigenvalue weighted by Crippen LogP contribution is -2.44. The van der Waals surface area contributed by atoms with Crippen molar-refractivity contribution >= 4 is 34.0 Å². The second-order valence-electron chi connectivity index (χ2n) is 9.53. The Labute approximate surface area is 223 Å². The molecule has 1 saturated heterocycles. The van der Waals surface area contributed by atoms with E-state index in [0.29, 0.717) is 36.7 Å². The van der Waals surface area contributed by atoms with Crippen LogP contribution in [0.2, 0.25) is 0 Å². The van der Waals surface area contributed by atoms with Crippen molar-refractivity contribution in [3.8, 4) is 6.07 Å². The zero-order chi connectivity index (χ0) is 27.7. The molecule has 0 radical (unpaired) electrons. The van der Waals surface area contributed by atoms with Crippen molar-refractivity contribution < 1.29 is 9.53 Å². The third-order valence-corrected chi connectivity index (χ3v) is 7.04. The number of nitrogens with zero attached hydrogens (tertiary/aromatic N) is 7. The third kappa shape index (κ3) is 4.66. The highest BCUT2D eigenvalue weighted by atomic mass is 16.5. The van der Waals surface area contributed by atoms with Gasteiger partial charge in [0.05, 0.1) is 24.2 Å². The average molecular weight is 531 g/mol. The van der Waals surface area contributed by atoms with Gasteiger partial charge in [0.25, 0.3) is 5.56 Å². The van der Waals surface area contributed by atoms with Gasteiger partial charge in [0.15, 0.2) is 11.2 Å². The van der Waals surface area contributed by atoms with E-state index in [1.54, 1.807) is 35.9 Å². The summed E-state index contributed by atoms with van der Waals surface area (Å²) in [6.07, 6.45) is 3.36. The Morgan fingerprint density at radius 1 is 1.21 bits per heavy atom. The van der Waals surface area contributed by atoms with E-state index in [2.05, 4.69) is 11.1 Å². The van der Waals surface area contributed by atoms with Gasteiger partial charge < -0.3 is 19.9 Å². The van der Waals surface area contributed by atoms with Crippen LogP contribution in [0.3, 0.4) is 0 Å². The van der Waals surface area contributed by atoms with Crippen LogP contribution in [-0.4, -0.2) is 55.4 Å². The minimum Gasteiger partial charge on any atom is -0.465 e. The number of anilines is 1. The summed E-state index contributed by atoms with van der Waals surface area (Å²) in [4.78, 5) is 51.3. The van der Waals surface area contributed by atoms with Crippen molar-refractivity contribution in [2.75, 3.05) is 24.6 Å². The quantitative estimate of drug-likeness (QED) is 0.349. The standard InChI is InChI=1S/C27H30N8O4/c1-3-33-23-24(31-26(33)32-12-6-8-19(29)15-32)34(16-21(36)39-4-2)27(38)35(25(23)37)14-18-10-9-17-7-5-11-30-22(17)20(18)13-28/h5,7,9-11,19H,3-4,6,8,12,14-16,29H2,1-2H3. The number of carbonyl (C=O) groups excluding carboxylic acids is 1. The van der Waals surface area contributed by atoms with Crippen LogP contribution < -0.4 is 21.9 Å². The summed E-state index contributed by atoms with van der Waals surface area (Å²) in [7, 11) is 0. The zero-order valence-electron chi connectivity index (χ0n) is 22.0. The number of hydrogen-bond acceptors (Lipinski definition) is 9. The number of nitrogens with two attached hydrogens (primary N) is 1. The van der Waals surface area contributed by atoms with E-state index in [-0.39, 0.29) is 35.9 Å². The predicted octanol–water partition coefficient (Wildman–Crippen LogP) is 1.34. The highest BCUT2D eigenvalue weighted by Gasteiger charge is 2.27. The highest BCUT2D eigenvalue weighted by molar-refractivity contribution is 5.85. The maximum atomic E-state index is 14.0. The molecule has 1 unspecified atom stereocenters. The topological polar surface area (TPSA) is 154 Å². The number of carbonyl (C=O) groups is 1. The number of rotatable bonds is 7. The van der Waals surface area contributed by atoms with Gasteiger partial charge in [0.2, 0.25) is 5.95 Å². The first kappa shape index (κ1) is 26.1. The van der Waals surface area contributed by atoms with Gasteiger partial charge in [0.1, 0.15) is 12.6 Å². The number of imidazole rings is 1. The molecule has 0 saturated carbocycles. The monoisotopic (exact) mass is 530 g/mol. The summed E-state index contributed by atoms with van der Waals surface area (Å²) in [6.45, 7) is 4.82. The van der Waals surface area contributed by atoms with Crippen LogP contribution >= 0.6 is 0 Å². The van der Waals surface area contributed by atoms with Gasteiger partial charge in [-0.05, 0) is 38.3 Å². The highest BCUT2D eigenvalue weighted by Crippen LogP contribution is 2.24. The summed E-state index contributed by atoms with van der Waals surface area (Å²) >= 11 is 0. The number of benzene rings is 1. The lowest BCUT2D eigenvalue weighted by Gasteiger charge is -2.31. The Kier molecular flexibility index (Phi) is 7.17. The van der Waals surface area contributed by atoms with E-state index in [1.807, 2.05) is 17.9 Å². The fraction of sp³-hybridized carbons (Fsp3) is 0.407. The number of piperidine rings is 1. The number of pyridine rings is 1. The van der Waals surface area contributed by atoms with Crippen LogP contribution in [0.25, 0.3) is 22.1 Å². The van der Waals surface area contributed by atoms with Gasteiger partial charge in [-0.15, -0.1) is 0 Å². The van der Waals surface area contributed by atoms with Crippen LogP contribution in [0.1, 0.15) is 37.8 Å². The molecule has 4 aromatic rings. The van der Waals surface area contributed by atoms with Gasteiger partial charge in [0, 0.05) is 37.3 Å². The molecule has 12 nitrogen and oxygen atoms in total. The molecule has 3 aromatic heterocycles. The molecule has 0 bridgehead atoms. The largest absolute Gasteiger partial charge is 0.465 e. The smallest absolute Gasteiger partial charge is 0.333 e. The van der Waals surface area contributed by atoms with Crippen LogP contribution in [-0.2, 0) is 29.2 Å². The maximum Gasteiger partial charge on any atom is 0.333 e. The Balaban J connectivity index is 1.74. The second-order valence-corrected chi connectivity index (χ2v) is 9.53. The number of fused-ring (bicyclic) bond motifs is 2. The number of ether oxygens (including phenoxy) is 1. The summed E-state index contributed by atoms with van der Waals surface area (Å²) in [5, 5.41) is 10.7. The van der Waals surface area contributed by atoms with Crippen molar-refractivity contribution in [2.24, 2.45) is 5.73 Å². The van der Waals surface area contributed by atoms with Crippen molar-refractivity contribution in [1.82, 2.24) is 23.7 Å². The van der Waals surface area contributed by atoms with Crippen molar-refractivity contribution in [3.63, 3.8) is 0 Å². The molecule has 2 N–H and O–H groups in total. The molecule has 1 aliphatic heterocycles. The minimum atomic E-state index is -0.715. The van der Waals surface area contributed by atoms with Crippen LogP contribution in [0.5, 0.6) is 0 Å². The predicted molar refractivity (Wildman–Crippen MR) is 146 cm³/mol. The van der Waals surface area contributed by atoms with E-state index in [4.69, 9.17) is 15.5 Å². The molecule has 0 aliphatic carbocycles. The van der Waals surface area contributed by atoms with Gasteiger partial charge in [-0.2, -0.15) is 10.2 Å². The summed E-state index contributed by atoms with van der Waals surface area (Å²) in [5.41, 5.74) is 6.50. The average Bonchev–Trinajstić information content (AvgIpc) is 3.33. The van der Waals surface area contributed by atoms with Gasteiger partial charge >= 0.3 is 11.7 Å². The Morgan fingerprint density at radius 2 is 2.03 bits per heavy atom. The number of aryl methyl sites for hydroxylation is 1. The van der Waals surface area contributed by atoms with E-state index in [9.17, 15) is 19.6 Å². The number of esters is 1. The normalized spacial score (nSPS) is 15.5. The molecule has 39 heavy (non-hydrogen) atoms. The van der Waals surface area contributed by atoms with E-state index in [1.165, 1.54) is 4.57 Å². The molecule has 1 aromatic carbocycles. The molecule has 0 spiro atoms. The second kappa shape index (κ2) is 10.7. The Bertz CT molecular complexity index is 1730. The molecular formula is C27H30N8O4. The van der Waals surface area contributed by atoms with E-state index >= 15 is 0 Å². The van der Waals surface area contributed by atoms with E-state index in [0.717, 1.165) is 22.8 Å². The molecule has 1 atom stereocenters. The number of aromatic nitrogens is 5. The summed E-state index contributed by atoms with van der Waals surface area (Å²) in [5.74, 6) is -0.0894.